The molecule has 24 aromatic carbocycles. The van der Waals surface area contributed by atoms with Crippen LogP contribution in [0.4, 0.5) is 17.1 Å². The Morgan fingerprint density at radius 1 is 0.109 bits per heavy atom. The highest BCUT2D eigenvalue weighted by Gasteiger charge is 2.26. The zero-order valence-corrected chi connectivity index (χ0v) is 80.2. The van der Waals surface area contributed by atoms with Crippen molar-refractivity contribution in [1.82, 2.24) is 27.4 Å². The van der Waals surface area contributed by atoms with Gasteiger partial charge in [-0.15, -0.1) is 0 Å². The molecule has 0 saturated heterocycles. The number of para-hydroxylation sites is 6. The van der Waals surface area contributed by atoms with Crippen LogP contribution in [0.1, 0.15) is 0 Å². The van der Waals surface area contributed by atoms with Crippen molar-refractivity contribution < 1.29 is 0 Å². The number of aromatic nitrogens is 6. The number of benzene rings is 24. The Balaban J connectivity index is 0.000000139. The van der Waals surface area contributed by atoms with Gasteiger partial charge in [0.2, 0.25) is 0 Å². The SMILES string of the molecule is c1ccc(-c2ccc3c(c2)c2cc(-c4ccc5c(c4)c4cc(-c6ccccc6)ccc4n5-c4cc5ccccc5c5ccccc45)ccc2n3-c2ccc3c(c2)c2ccccc2n3-c2ccccc2)cc1.c1ccc(-c2ccc3c(c2)c2cc(-c4ccc5c(c4)c4cc(-c6ccccc6)ccc4n5-c4ccc5c(c4)c4ccccc4n5-c4ccccc4)ccc2n3-c2ccc(N(c3ccccc3)c3ccccc3)cc2)cc1. The summed E-state index contributed by atoms with van der Waals surface area (Å²) in [5.41, 5.74) is 38.7. The number of fused-ring (bicyclic) bond motifs is 21. The molecule has 0 aliphatic carbocycles. The molecule has 6 heterocycles. The van der Waals surface area contributed by atoms with Gasteiger partial charge in [0.05, 0.1) is 71.9 Å². The molecule has 7 nitrogen and oxygen atoms in total. The first-order chi connectivity index (χ1) is 72.9. The van der Waals surface area contributed by atoms with Crippen LogP contribution < -0.4 is 4.90 Å². The molecular formula is C140H91N7. The molecule has 0 bridgehead atoms. The fourth-order valence-electron chi connectivity index (χ4n) is 23.6. The standard InChI is InChI=1S/C72H48N4.C68H43N3/c1-6-18-49(19-7-1)51-30-39-68-62(44-51)64-46-53(32-41-69(64)75(68)59-36-34-58(35-37-59)73(55-22-10-3-11-23-55)56-24-12-4-13-25-56)54-33-42-71-65(47-54)63-45-52(50-20-8-2-9-21-50)31-40-70(63)76(71)60-38-43-72-66(48-60)61-28-16-17-29-67(61)74(72)57-26-14-5-15-27-57;1-4-16-44(17-5-1)46-28-33-63-57(38-46)58-40-48(30-34-64(58)70(63)52-32-37-65-61(43-52)56-26-14-15-27-62(56)69(65)51-21-8-3-9-22-51)49-31-36-67-60(41-49)59-39-47(45-18-6-2-7-19-45)29-35-66(59)71(67)68-42-50-20-10-11-23-53(50)54-24-12-13-25-55(54)68/h1-48H;1-43H. The Morgan fingerprint density at radius 2 is 0.320 bits per heavy atom. The molecule has 0 aliphatic rings. The van der Waals surface area contributed by atoms with Gasteiger partial charge in [0, 0.05) is 116 Å². The molecule has 0 spiro atoms. The lowest BCUT2D eigenvalue weighted by Gasteiger charge is -2.25. The molecule has 0 radical (unpaired) electrons. The molecule has 0 unspecified atom stereocenters. The summed E-state index contributed by atoms with van der Waals surface area (Å²) in [6.45, 7) is 0. The number of hydrogen-bond donors (Lipinski definition) is 0. The van der Waals surface area contributed by atoms with Crippen LogP contribution in [0.2, 0.25) is 0 Å². The second-order valence-electron chi connectivity index (χ2n) is 38.6. The average Bonchev–Trinajstić information content (AvgIpc) is 1.56. The minimum atomic E-state index is 1.10. The highest BCUT2D eigenvalue weighted by molar-refractivity contribution is 6.20. The van der Waals surface area contributed by atoms with Crippen molar-refractivity contribution in [2.75, 3.05) is 4.90 Å². The van der Waals surface area contributed by atoms with Gasteiger partial charge < -0.3 is 32.3 Å². The quantitative estimate of drug-likeness (QED) is 0.0942. The van der Waals surface area contributed by atoms with Gasteiger partial charge in [0.1, 0.15) is 0 Å². The maximum Gasteiger partial charge on any atom is 0.0546 e. The summed E-state index contributed by atoms with van der Waals surface area (Å²) in [6, 6.07) is 202. The van der Waals surface area contributed by atoms with Crippen molar-refractivity contribution in [1.29, 1.82) is 0 Å². The van der Waals surface area contributed by atoms with E-state index in [2.05, 4.69) is 584 Å². The predicted octanol–water partition coefficient (Wildman–Crippen LogP) is 37.7. The Labute approximate surface area is 848 Å². The minimum Gasteiger partial charge on any atom is -0.311 e. The van der Waals surface area contributed by atoms with E-state index in [1.165, 1.54) is 219 Å². The van der Waals surface area contributed by atoms with Crippen LogP contribution >= 0.6 is 0 Å². The van der Waals surface area contributed by atoms with Crippen LogP contribution in [0.15, 0.2) is 552 Å². The van der Waals surface area contributed by atoms with Crippen LogP contribution in [0.3, 0.4) is 0 Å². The van der Waals surface area contributed by atoms with Crippen molar-refractivity contribution in [3.63, 3.8) is 0 Å². The lowest BCUT2D eigenvalue weighted by molar-refractivity contribution is 1.17. The molecule has 0 fully saturated rings. The third-order valence-corrected chi connectivity index (χ3v) is 30.4. The lowest BCUT2D eigenvalue weighted by Crippen LogP contribution is -2.09. The number of rotatable bonds is 15. The maximum absolute atomic E-state index is 2.49. The first-order valence-electron chi connectivity index (χ1n) is 50.6. The Hall–Kier alpha value is -19.6. The number of nitrogens with zero attached hydrogens (tertiary/aromatic N) is 7. The third kappa shape index (κ3) is 14.1. The van der Waals surface area contributed by atoms with Crippen molar-refractivity contribution in [3.8, 4) is 101 Å². The van der Waals surface area contributed by atoms with E-state index >= 15 is 0 Å². The highest BCUT2D eigenvalue weighted by atomic mass is 15.1. The molecule has 30 rings (SSSR count). The van der Waals surface area contributed by atoms with E-state index < -0.39 is 0 Å². The fourth-order valence-corrected chi connectivity index (χ4v) is 23.6. The molecule has 686 valence electrons. The third-order valence-electron chi connectivity index (χ3n) is 30.4. The van der Waals surface area contributed by atoms with E-state index in [0.717, 1.165) is 51.0 Å². The zero-order valence-electron chi connectivity index (χ0n) is 80.2. The van der Waals surface area contributed by atoms with Crippen LogP contribution in [0.5, 0.6) is 0 Å². The van der Waals surface area contributed by atoms with E-state index in [1.54, 1.807) is 0 Å². The van der Waals surface area contributed by atoms with Gasteiger partial charge in [0.25, 0.3) is 0 Å². The van der Waals surface area contributed by atoms with Crippen LogP contribution in [-0.2, 0) is 0 Å². The van der Waals surface area contributed by atoms with E-state index in [1.807, 2.05) is 0 Å². The highest BCUT2D eigenvalue weighted by Crippen LogP contribution is 2.49. The van der Waals surface area contributed by atoms with Crippen molar-refractivity contribution >= 4 is 169 Å². The Bertz CT molecular complexity index is 10400. The summed E-state index contributed by atoms with van der Waals surface area (Å²) in [6.07, 6.45) is 0. The van der Waals surface area contributed by atoms with Gasteiger partial charge in [-0.2, -0.15) is 0 Å². The van der Waals surface area contributed by atoms with Crippen molar-refractivity contribution in [3.05, 3.63) is 552 Å². The summed E-state index contributed by atoms with van der Waals surface area (Å²) >= 11 is 0. The van der Waals surface area contributed by atoms with Gasteiger partial charge in [0.15, 0.2) is 0 Å². The second kappa shape index (κ2) is 34.7. The minimum absolute atomic E-state index is 1.10. The van der Waals surface area contributed by atoms with Gasteiger partial charge in [-0.1, -0.05) is 328 Å². The molecule has 0 saturated carbocycles. The number of hydrogen-bond acceptors (Lipinski definition) is 1. The molecule has 0 N–H and O–H groups in total. The predicted molar refractivity (Wildman–Crippen MR) is 621 cm³/mol. The molecular weight excluding hydrogens is 1780 g/mol. The van der Waals surface area contributed by atoms with E-state index in [4.69, 9.17) is 0 Å². The van der Waals surface area contributed by atoms with Crippen molar-refractivity contribution in [2.45, 2.75) is 0 Å². The van der Waals surface area contributed by atoms with E-state index in [0.29, 0.717) is 0 Å². The lowest BCUT2D eigenvalue weighted by atomic mass is 9.98. The second-order valence-corrected chi connectivity index (χ2v) is 38.6. The largest absolute Gasteiger partial charge is 0.311 e. The van der Waals surface area contributed by atoms with Crippen molar-refractivity contribution in [2.24, 2.45) is 0 Å². The summed E-state index contributed by atoms with van der Waals surface area (Å²) in [5.74, 6) is 0. The first-order valence-corrected chi connectivity index (χ1v) is 50.6. The van der Waals surface area contributed by atoms with Crippen LogP contribution in [0, 0.1) is 0 Å². The molecule has 30 aromatic rings. The summed E-state index contributed by atoms with van der Waals surface area (Å²) < 4.78 is 14.6. The molecule has 0 amide bonds. The summed E-state index contributed by atoms with van der Waals surface area (Å²) in [4.78, 5) is 2.31. The average molecular weight is 1870 g/mol. The number of anilines is 3. The zero-order chi connectivity index (χ0) is 96.7. The normalized spacial score (nSPS) is 11.8. The monoisotopic (exact) mass is 1870 g/mol. The summed E-state index contributed by atoms with van der Waals surface area (Å²) in [5, 5.41) is 19.7. The maximum atomic E-state index is 2.49. The smallest absolute Gasteiger partial charge is 0.0546 e. The van der Waals surface area contributed by atoms with Crippen LogP contribution in [-0.4, -0.2) is 27.4 Å². The van der Waals surface area contributed by atoms with E-state index in [9.17, 15) is 0 Å². The topological polar surface area (TPSA) is 32.8 Å². The van der Waals surface area contributed by atoms with E-state index in [-0.39, 0.29) is 0 Å². The first kappa shape index (κ1) is 84.3. The van der Waals surface area contributed by atoms with Gasteiger partial charge in [-0.05, 0) is 307 Å². The molecule has 7 heteroatoms. The fraction of sp³-hybridized carbons (Fsp3) is 0. The molecule has 0 aliphatic heterocycles. The molecule has 6 aromatic heterocycles. The summed E-state index contributed by atoms with van der Waals surface area (Å²) in [7, 11) is 0. The van der Waals surface area contributed by atoms with Crippen LogP contribution in [0.25, 0.3) is 253 Å². The van der Waals surface area contributed by atoms with Gasteiger partial charge in [-0.3, -0.25) is 0 Å². The molecule has 147 heavy (non-hydrogen) atoms. The molecule has 0 atom stereocenters. The Morgan fingerprint density at radius 3 is 0.646 bits per heavy atom. The Kier molecular flexibility index (Phi) is 19.9. The van der Waals surface area contributed by atoms with Gasteiger partial charge in [-0.25, -0.2) is 0 Å². The van der Waals surface area contributed by atoms with Gasteiger partial charge >= 0.3 is 0 Å².